The number of hydrogen-bond acceptors (Lipinski definition) is 3. The second kappa shape index (κ2) is 4.60. The number of hydrogen-bond donors (Lipinski definition) is 1. The molecule has 0 radical (unpaired) electrons. The summed E-state index contributed by atoms with van der Waals surface area (Å²) in [5.41, 5.74) is 6.12. The summed E-state index contributed by atoms with van der Waals surface area (Å²) in [6, 6.07) is 5.03. The molecule has 0 aliphatic carbocycles. The highest BCUT2D eigenvalue weighted by atomic mass is 16.3. The van der Waals surface area contributed by atoms with Crippen LogP contribution in [0.1, 0.15) is 44.3 Å². The summed E-state index contributed by atoms with van der Waals surface area (Å²) in [5.74, 6) is 1.98. The Bertz CT molecular complexity index is 345. The minimum Gasteiger partial charge on any atom is -0.465 e. The van der Waals surface area contributed by atoms with Crippen LogP contribution in [0.25, 0.3) is 0 Å². The Hall–Kier alpha value is -0.800. The van der Waals surface area contributed by atoms with Gasteiger partial charge >= 0.3 is 0 Å². The van der Waals surface area contributed by atoms with Crippen LogP contribution in [-0.4, -0.2) is 23.5 Å². The Labute approximate surface area is 97.6 Å². The second-order valence-corrected chi connectivity index (χ2v) is 4.98. The van der Waals surface area contributed by atoms with Gasteiger partial charge in [-0.15, -0.1) is 0 Å². The van der Waals surface area contributed by atoms with E-state index in [9.17, 15) is 0 Å². The van der Waals surface area contributed by atoms with E-state index in [1.54, 1.807) is 0 Å². The second-order valence-electron chi connectivity index (χ2n) is 4.98. The van der Waals surface area contributed by atoms with Crippen LogP contribution in [0.15, 0.2) is 16.5 Å². The fourth-order valence-electron chi connectivity index (χ4n) is 2.71. The van der Waals surface area contributed by atoms with E-state index in [2.05, 4.69) is 24.8 Å². The number of likely N-dealkylation sites (tertiary alicyclic amines) is 1. The van der Waals surface area contributed by atoms with E-state index in [-0.39, 0.29) is 12.1 Å². The molecule has 1 aromatic heterocycles. The molecule has 3 nitrogen and oxygen atoms in total. The van der Waals surface area contributed by atoms with Gasteiger partial charge in [0, 0.05) is 12.1 Å². The first-order valence-corrected chi connectivity index (χ1v) is 6.17. The lowest BCUT2D eigenvalue weighted by Crippen LogP contribution is -2.41. The van der Waals surface area contributed by atoms with Crippen molar-refractivity contribution in [2.45, 2.75) is 51.7 Å². The van der Waals surface area contributed by atoms with Gasteiger partial charge in [-0.1, -0.05) is 0 Å². The van der Waals surface area contributed by atoms with E-state index < -0.39 is 0 Å². The highest BCUT2D eigenvalue weighted by molar-refractivity contribution is 5.12. The lowest BCUT2D eigenvalue weighted by molar-refractivity contribution is 0.148. The van der Waals surface area contributed by atoms with Crippen molar-refractivity contribution in [1.82, 2.24) is 4.90 Å². The zero-order valence-corrected chi connectivity index (χ0v) is 10.4. The number of rotatable bonds is 3. The molecule has 2 heterocycles. The molecule has 3 unspecified atom stereocenters. The fourth-order valence-corrected chi connectivity index (χ4v) is 2.71. The predicted molar refractivity (Wildman–Crippen MR) is 65.2 cm³/mol. The third-order valence-corrected chi connectivity index (χ3v) is 3.51. The largest absolute Gasteiger partial charge is 0.465 e. The Balaban J connectivity index is 2.23. The van der Waals surface area contributed by atoms with Crippen molar-refractivity contribution in [3.8, 4) is 0 Å². The Morgan fingerprint density at radius 1 is 1.50 bits per heavy atom. The Kier molecular flexibility index (Phi) is 3.36. The number of nitrogens with two attached hydrogens (primary N) is 1. The van der Waals surface area contributed by atoms with Crippen LogP contribution in [0, 0.1) is 6.92 Å². The molecule has 1 aliphatic rings. The van der Waals surface area contributed by atoms with Crippen molar-refractivity contribution in [2.75, 3.05) is 6.54 Å². The topological polar surface area (TPSA) is 42.4 Å². The van der Waals surface area contributed by atoms with Crippen LogP contribution in [-0.2, 0) is 0 Å². The molecule has 0 amide bonds. The lowest BCUT2D eigenvalue weighted by atomic mass is 10.1. The van der Waals surface area contributed by atoms with Gasteiger partial charge in [0.15, 0.2) is 0 Å². The average Bonchev–Trinajstić information content (AvgIpc) is 2.78. The molecule has 0 bridgehead atoms. The maximum absolute atomic E-state index is 6.12. The van der Waals surface area contributed by atoms with Crippen LogP contribution in [0.2, 0.25) is 0 Å². The first kappa shape index (κ1) is 11.7. The van der Waals surface area contributed by atoms with Gasteiger partial charge in [-0.3, -0.25) is 4.90 Å². The summed E-state index contributed by atoms with van der Waals surface area (Å²) >= 11 is 0. The third-order valence-electron chi connectivity index (χ3n) is 3.51. The van der Waals surface area contributed by atoms with Gasteiger partial charge in [-0.05, 0) is 52.3 Å². The van der Waals surface area contributed by atoms with E-state index in [0.29, 0.717) is 6.04 Å². The summed E-state index contributed by atoms with van der Waals surface area (Å²) in [6.45, 7) is 7.45. The van der Waals surface area contributed by atoms with Crippen LogP contribution < -0.4 is 5.73 Å². The van der Waals surface area contributed by atoms with E-state index in [4.69, 9.17) is 10.2 Å². The summed E-state index contributed by atoms with van der Waals surface area (Å²) < 4.78 is 5.75. The molecule has 2 N–H and O–H groups in total. The number of furan rings is 1. The molecule has 0 spiro atoms. The van der Waals surface area contributed by atoms with E-state index in [1.165, 1.54) is 12.8 Å². The molecule has 1 aliphatic heterocycles. The minimum atomic E-state index is 0.103. The van der Waals surface area contributed by atoms with Gasteiger partial charge in [-0.2, -0.15) is 0 Å². The van der Waals surface area contributed by atoms with E-state index in [0.717, 1.165) is 18.1 Å². The first-order valence-electron chi connectivity index (χ1n) is 6.17. The smallest absolute Gasteiger partial charge is 0.122 e. The van der Waals surface area contributed by atoms with E-state index >= 15 is 0 Å². The van der Waals surface area contributed by atoms with E-state index in [1.807, 2.05) is 13.0 Å². The molecular formula is C13H22N2O. The minimum absolute atomic E-state index is 0.103. The molecule has 1 fully saturated rings. The summed E-state index contributed by atoms with van der Waals surface area (Å²) in [4.78, 5) is 2.48. The van der Waals surface area contributed by atoms with Crippen LogP contribution in [0.3, 0.4) is 0 Å². The lowest BCUT2D eigenvalue weighted by Gasteiger charge is -2.32. The van der Waals surface area contributed by atoms with Crippen molar-refractivity contribution in [1.29, 1.82) is 0 Å². The summed E-state index contributed by atoms with van der Waals surface area (Å²) in [5, 5.41) is 0. The molecule has 0 saturated carbocycles. The van der Waals surface area contributed by atoms with Gasteiger partial charge in [0.1, 0.15) is 11.5 Å². The van der Waals surface area contributed by atoms with Gasteiger partial charge in [0.2, 0.25) is 0 Å². The summed E-state index contributed by atoms with van der Waals surface area (Å²) in [7, 11) is 0. The average molecular weight is 222 g/mol. The third kappa shape index (κ3) is 2.15. The standard InChI is InChI=1S/C13H22N2O/c1-9-5-4-8-15(9)13(11(3)14)12-7-6-10(2)16-12/h6-7,9,11,13H,4-5,8,14H2,1-3H3. The van der Waals surface area contributed by atoms with Gasteiger partial charge in [-0.25, -0.2) is 0 Å². The quantitative estimate of drug-likeness (QED) is 0.854. The predicted octanol–water partition coefficient (Wildman–Crippen LogP) is 2.46. The molecular weight excluding hydrogens is 200 g/mol. The van der Waals surface area contributed by atoms with Crippen LogP contribution in [0.4, 0.5) is 0 Å². The van der Waals surface area contributed by atoms with Crippen molar-refractivity contribution in [3.05, 3.63) is 23.7 Å². The van der Waals surface area contributed by atoms with Gasteiger partial charge in [0.25, 0.3) is 0 Å². The molecule has 90 valence electrons. The zero-order valence-electron chi connectivity index (χ0n) is 10.4. The molecule has 3 atom stereocenters. The van der Waals surface area contributed by atoms with Crippen molar-refractivity contribution >= 4 is 0 Å². The van der Waals surface area contributed by atoms with Crippen molar-refractivity contribution in [3.63, 3.8) is 0 Å². The van der Waals surface area contributed by atoms with Crippen molar-refractivity contribution < 1.29 is 4.42 Å². The Morgan fingerprint density at radius 2 is 2.25 bits per heavy atom. The molecule has 16 heavy (non-hydrogen) atoms. The van der Waals surface area contributed by atoms with Gasteiger partial charge < -0.3 is 10.2 Å². The summed E-state index contributed by atoms with van der Waals surface area (Å²) in [6.07, 6.45) is 2.53. The molecule has 1 aromatic rings. The van der Waals surface area contributed by atoms with Crippen LogP contribution in [0.5, 0.6) is 0 Å². The molecule has 3 heteroatoms. The zero-order chi connectivity index (χ0) is 11.7. The maximum atomic E-state index is 6.12. The first-order chi connectivity index (χ1) is 7.59. The molecule has 1 saturated heterocycles. The van der Waals surface area contributed by atoms with Crippen LogP contribution >= 0.6 is 0 Å². The SMILES string of the molecule is Cc1ccc(C(C(C)N)N2CCCC2C)o1. The normalized spacial score (nSPS) is 25.9. The van der Waals surface area contributed by atoms with Crippen molar-refractivity contribution in [2.24, 2.45) is 5.73 Å². The molecule has 2 rings (SSSR count). The molecule has 0 aromatic carbocycles. The maximum Gasteiger partial charge on any atom is 0.122 e. The Morgan fingerprint density at radius 3 is 2.69 bits per heavy atom. The van der Waals surface area contributed by atoms with Gasteiger partial charge in [0.05, 0.1) is 6.04 Å². The monoisotopic (exact) mass is 222 g/mol. The number of aryl methyl sites for hydroxylation is 1. The number of nitrogens with zero attached hydrogens (tertiary/aromatic N) is 1. The fraction of sp³-hybridized carbons (Fsp3) is 0.692. The highest BCUT2D eigenvalue weighted by Gasteiger charge is 2.32. The highest BCUT2D eigenvalue weighted by Crippen LogP contribution is 2.31.